The molecule has 0 amide bonds. The zero-order valence-corrected chi connectivity index (χ0v) is 7.51. The SMILES string of the molecule is C1=NCNN1c1cc(C2=CC2)ncn1. The maximum Gasteiger partial charge on any atom is 0.152 e. The molecule has 2 heterocycles. The molecule has 0 spiro atoms. The average molecular weight is 187 g/mol. The number of rotatable bonds is 2. The first kappa shape index (κ1) is 7.64. The number of hydrazine groups is 1. The van der Waals surface area contributed by atoms with Gasteiger partial charge in [0.2, 0.25) is 0 Å². The number of hydrogen-bond donors (Lipinski definition) is 1. The summed E-state index contributed by atoms with van der Waals surface area (Å²) in [5, 5.41) is 1.80. The Kier molecular flexibility index (Phi) is 1.57. The van der Waals surface area contributed by atoms with Crippen LogP contribution in [0.25, 0.3) is 5.57 Å². The summed E-state index contributed by atoms with van der Waals surface area (Å²) < 4.78 is 0. The molecule has 0 saturated heterocycles. The van der Waals surface area contributed by atoms with Gasteiger partial charge in [-0.25, -0.2) is 20.4 Å². The molecule has 0 atom stereocenters. The molecule has 3 rings (SSSR count). The van der Waals surface area contributed by atoms with E-state index in [2.05, 4.69) is 26.5 Å². The van der Waals surface area contributed by atoms with Crippen LogP contribution in [0.15, 0.2) is 23.5 Å². The topological polar surface area (TPSA) is 53.4 Å². The Balaban J connectivity index is 1.93. The maximum atomic E-state index is 4.19. The summed E-state index contributed by atoms with van der Waals surface area (Å²) in [6.45, 7) is 0.613. The molecule has 0 unspecified atom stereocenters. The van der Waals surface area contributed by atoms with Crippen molar-refractivity contribution in [2.24, 2.45) is 4.99 Å². The summed E-state index contributed by atoms with van der Waals surface area (Å²) in [5.74, 6) is 0.837. The van der Waals surface area contributed by atoms with Crippen molar-refractivity contribution in [3.05, 3.63) is 24.2 Å². The summed E-state index contributed by atoms with van der Waals surface area (Å²) in [6, 6.07) is 1.96. The Morgan fingerprint density at radius 3 is 3.00 bits per heavy atom. The summed E-state index contributed by atoms with van der Waals surface area (Å²) >= 11 is 0. The van der Waals surface area contributed by atoms with Crippen LogP contribution in [0.1, 0.15) is 12.1 Å². The number of hydrogen-bond acceptors (Lipinski definition) is 5. The second kappa shape index (κ2) is 2.88. The third-order valence-electron chi connectivity index (χ3n) is 2.17. The standard InChI is InChI=1S/C9H9N5/c1-2-7(1)8-3-9(12-5-11-8)14-6-10-4-13-14/h1,3,5-6,13H,2,4H2. The van der Waals surface area contributed by atoms with E-state index in [0.717, 1.165) is 17.9 Å². The van der Waals surface area contributed by atoms with Crippen molar-refractivity contribution in [1.82, 2.24) is 15.4 Å². The first-order chi connectivity index (χ1) is 6.93. The number of anilines is 1. The van der Waals surface area contributed by atoms with Gasteiger partial charge >= 0.3 is 0 Å². The van der Waals surface area contributed by atoms with Gasteiger partial charge in [-0.05, 0) is 12.0 Å². The Labute approximate surface area is 81.2 Å². The smallest absolute Gasteiger partial charge is 0.152 e. The van der Waals surface area contributed by atoms with Crippen molar-refractivity contribution in [1.29, 1.82) is 0 Å². The molecule has 5 heteroatoms. The molecule has 1 aliphatic heterocycles. The van der Waals surface area contributed by atoms with Gasteiger partial charge in [0, 0.05) is 6.07 Å². The lowest BCUT2D eigenvalue weighted by molar-refractivity contribution is 0.785. The molecule has 0 aromatic carbocycles. The van der Waals surface area contributed by atoms with E-state index in [1.807, 2.05) is 6.07 Å². The minimum absolute atomic E-state index is 0.613. The van der Waals surface area contributed by atoms with Crippen molar-refractivity contribution in [2.45, 2.75) is 6.42 Å². The first-order valence-corrected chi connectivity index (χ1v) is 4.47. The molecule has 1 aliphatic carbocycles. The minimum atomic E-state index is 0.613. The fourth-order valence-corrected chi connectivity index (χ4v) is 1.34. The summed E-state index contributed by atoms with van der Waals surface area (Å²) in [6.07, 6.45) is 6.51. The van der Waals surface area contributed by atoms with Crippen molar-refractivity contribution in [3.8, 4) is 0 Å². The Bertz CT molecular complexity index is 423. The second-order valence-corrected chi connectivity index (χ2v) is 3.18. The van der Waals surface area contributed by atoms with Crippen molar-refractivity contribution in [3.63, 3.8) is 0 Å². The molecular weight excluding hydrogens is 178 g/mol. The molecule has 1 aromatic rings. The highest BCUT2D eigenvalue weighted by Gasteiger charge is 2.15. The first-order valence-electron chi connectivity index (χ1n) is 4.47. The molecule has 0 radical (unpaired) electrons. The average Bonchev–Trinajstić information content (AvgIpc) is 2.94. The highest BCUT2D eigenvalue weighted by Crippen LogP contribution is 2.29. The third-order valence-corrected chi connectivity index (χ3v) is 2.17. The Hall–Kier alpha value is -1.75. The predicted octanol–water partition coefficient (Wildman–Crippen LogP) is 0.574. The second-order valence-electron chi connectivity index (χ2n) is 3.18. The number of nitrogens with zero attached hydrogens (tertiary/aromatic N) is 4. The van der Waals surface area contributed by atoms with Crippen LogP contribution in [0.5, 0.6) is 0 Å². The Morgan fingerprint density at radius 2 is 2.29 bits per heavy atom. The number of aromatic nitrogens is 2. The number of aliphatic imine (C=N–C) groups is 1. The van der Waals surface area contributed by atoms with Gasteiger partial charge < -0.3 is 0 Å². The molecular formula is C9H9N5. The summed E-state index contributed by atoms with van der Waals surface area (Å²) in [5.41, 5.74) is 5.37. The van der Waals surface area contributed by atoms with Gasteiger partial charge in [0.25, 0.3) is 0 Å². The van der Waals surface area contributed by atoms with Crippen LogP contribution in [-0.4, -0.2) is 23.0 Å². The normalized spacial score (nSPS) is 18.6. The van der Waals surface area contributed by atoms with Gasteiger partial charge in [0.05, 0.1) is 5.69 Å². The van der Waals surface area contributed by atoms with Crippen molar-refractivity contribution < 1.29 is 0 Å². The van der Waals surface area contributed by atoms with E-state index < -0.39 is 0 Å². The molecule has 14 heavy (non-hydrogen) atoms. The van der Waals surface area contributed by atoms with E-state index in [4.69, 9.17) is 0 Å². The molecule has 0 bridgehead atoms. The van der Waals surface area contributed by atoms with Gasteiger partial charge in [-0.3, -0.25) is 4.99 Å². The largest absolute Gasteiger partial charge is 0.257 e. The lowest BCUT2D eigenvalue weighted by atomic mass is 10.3. The van der Waals surface area contributed by atoms with Gasteiger partial charge in [0.1, 0.15) is 19.3 Å². The summed E-state index contributed by atoms with van der Waals surface area (Å²) in [7, 11) is 0. The zero-order chi connectivity index (χ0) is 9.38. The van der Waals surface area contributed by atoms with Crippen LogP contribution >= 0.6 is 0 Å². The monoisotopic (exact) mass is 187 g/mol. The van der Waals surface area contributed by atoms with Crippen LogP contribution in [-0.2, 0) is 0 Å². The van der Waals surface area contributed by atoms with Gasteiger partial charge in [-0.15, -0.1) is 0 Å². The van der Waals surface area contributed by atoms with Crippen LogP contribution in [0.4, 0.5) is 5.82 Å². The van der Waals surface area contributed by atoms with E-state index in [1.165, 1.54) is 5.57 Å². The molecule has 0 saturated carbocycles. The third kappa shape index (κ3) is 1.27. The van der Waals surface area contributed by atoms with Gasteiger partial charge in [-0.1, -0.05) is 6.08 Å². The van der Waals surface area contributed by atoms with E-state index in [0.29, 0.717) is 6.67 Å². The van der Waals surface area contributed by atoms with E-state index in [1.54, 1.807) is 17.7 Å². The van der Waals surface area contributed by atoms with E-state index in [9.17, 15) is 0 Å². The predicted molar refractivity (Wildman–Crippen MR) is 53.6 cm³/mol. The summed E-state index contributed by atoms with van der Waals surface area (Å²) in [4.78, 5) is 12.4. The molecule has 1 N–H and O–H groups in total. The molecule has 70 valence electrons. The van der Waals surface area contributed by atoms with Gasteiger partial charge in [0.15, 0.2) is 5.82 Å². The molecule has 0 fully saturated rings. The van der Waals surface area contributed by atoms with Crippen LogP contribution < -0.4 is 10.4 Å². The lowest BCUT2D eigenvalue weighted by Gasteiger charge is -2.12. The van der Waals surface area contributed by atoms with Crippen LogP contribution in [0, 0.1) is 0 Å². The van der Waals surface area contributed by atoms with E-state index >= 15 is 0 Å². The lowest BCUT2D eigenvalue weighted by Crippen LogP contribution is -2.31. The quantitative estimate of drug-likeness (QED) is 0.735. The zero-order valence-electron chi connectivity index (χ0n) is 7.51. The Morgan fingerprint density at radius 1 is 1.36 bits per heavy atom. The maximum absolute atomic E-state index is 4.19. The van der Waals surface area contributed by atoms with Crippen molar-refractivity contribution in [2.75, 3.05) is 11.7 Å². The highest BCUT2D eigenvalue weighted by molar-refractivity contribution is 5.80. The molecule has 1 aromatic heterocycles. The number of nitrogens with one attached hydrogen (secondary N) is 1. The number of allylic oxidation sites excluding steroid dienone is 2. The molecule has 2 aliphatic rings. The fourth-order valence-electron chi connectivity index (χ4n) is 1.34. The van der Waals surface area contributed by atoms with Crippen LogP contribution in [0.3, 0.4) is 0 Å². The fraction of sp³-hybridized carbons (Fsp3) is 0.222. The van der Waals surface area contributed by atoms with E-state index in [-0.39, 0.29) is 0 Å². The molecule has 5 nitrogen and oxygen atoms in total. The highest BCUT2D eigenvalue weighted by atomic mass is 15.6. The minimum Gasteiger partial charge on any atom is -0.257 e. The van der Waals surface area contributed by atoms with Crippen LogP contribution in [0.2, 0.25) is 0 Å². The van der Waals surface area contributed by atoms with Crippen molar-refractivity contribution >= 4 is 17.7 Å². The van der Waals surface area contributed by atoms with Gasteiger partial charge in [-0.2, -0.15) is 0 Å².